The maximum absolute atomic E-state index is 12.5. The first-order chi connectivity index (χ1) is 12.6. The number of aryl methyl sites for hydroxylation is 1. The number of carboxylic acids is 1. The highest BCUT2D eigenvalue weighted by Gasteiger charge is 2.31. The molecule has 1 aliphatic heterocycles. The summed E-state index contributed by atoms with van der Waals surface area (Å²) in [6.45, 7) is 6.95. The molecule has 1 amide bonds. The Morgan fingerprint density at radius 3 is 2.33 bits per heavy atom. The number of hydrogen-bond donors (Lipinski definition) is 2. The number of rotatable bonds is 7. The summed E-state index contributed by atoms with van der Waals surface area (Å²) in [5.41, 5.74) is 2.18. The third-order valence-electron chi connectivity index (χ3n) is 4.56. The third kappa shape index (κ3) is 5.67. The van der Waals surface area contributed by atoms with Crippen molar-refractivity contribution >= 4 is 27.6 Å². The Morgan fingerprint density at radius 1 is 1.19 bits per heavy atom. The lowest BCUT2D eigenvalue weighted by Gasteiger charge is -2.35. The van der Waals surface area contributed by atoms with Crippen molar-refractivity contribution in [1.29, 1.82) is 0 Å². The molecule has 1 heterocycles. The maximum atomic E-state index is 12.5. The van der Waals surface area contributed by atoms with Gasteiger partial charge in [0.25, 0.3) is 0 Å². The topological polar surface area (TPSA) is 107 Å². The maximum Gasteiger partial charge on any atom is 0.326 e. The van der Waals surface area contributed by atoms with Crippen LogP contribution in [0.15, 0.2) is 24.3 Å². The standard InChI is InChI=1S/C18H27N3O5S/c1-13(2)17(18(23)24)19-16(22)12-27(25,26)21-9-7-20(8-10-21)15-6-4-5-14(3)11-15/h4-6,11,13,17H,7-10,12H2,1-3H3,(H,19,22)(H,23,24)/t17-/m1/s1. The van der Waals surface area contributed by atoms with E-state index in [4.69, 9.17) is 5.11 Å². The van der Waals surface area contributed by atoms with E-state index in [0.717, 1.165) is 11.3 Å². The molecular weight excluding hydrogens is 370 g/mol. The summed E-state index contributed by atoms with van der Waals surface area (Å²) >= 11 is 0. The molecule has 0 radical (unpaired) electrons. The highest BCUT2D eigenvalue weighted by Crippen LogP contribution is 2.19. The summed E-state index contributed by atoms with van der Waals surface area (Å²) in [5.74, 6) is -3.06. The number of anilines is 1. The van der Waals surface area contributed by atoms with E-state index in [9.17, 15) is 18.0 Å². The Kier molecular flexibility index (Phi) is 6.83. The minimum Gasteiger partial charge on any atom is -0.480 e. The number of carbonyl (C=O) groups is 2. The normalized spacial score (nSPS) is 17.0. The van der Waals surface area contributed by atoms with Crippen LogP contribution in [-0.4, -0.2) is 67.7 Å². The SMILES string of the molecule is Cc1cccc(N2CCN(S(=O)(=O)CC(=O)N[C@@H](C(=O)O)C(C)C)CC2)c1. The van der Waals surface area contributed by atoms with Gasteiger partial charge in [-0.25, -0.2) is 13.2 Å². The zero-order chi connectivity index (χ0) is 20.2. The van der Waals surface area contributed by atoms with Crippen molar-refractivity contribution in [3.63, 3.8) is 0 Å². The number of sulfonamides is 1. The van der Waals surface area contributed by atoms with Crippen LogP contribution in [0.3, 0.4) is 0 Å². The van der Waals surface area contributed by atoms with Crippen LogP contribution in [0, 0.1) is 12.8 Å². The van der Waals surface area contributed by atoms with Gasteiger partial charge in [0, 0.05) is 31.9 Å². The minimum atomic E-state index is -3.79. The van der Waals surface area contributed by atoms with Gasteiger partial charge in [0.05, 0.1) is 0 Å². The Labute approximate surface area is 160 Å². The van der Waals surface area contributed by atoms with Crippen LogP contribution in [0.5, 0.6) is 0 Å². The summed E-state index contributed by atoms with van der Waals surface area (Å²) in [4.78, 5) is 25.3. The van der Waals surface area contributed by atoms with Gasteiger partial charge < -0.3 is 15.3 Å². The molecule has 9 heteroatoms. The summed E-state index contributed by atoms with van der Waals surface area (Å²) < 4.78 is 26.3. The van der Waals surface area contributed by atoms with E-state index in [2.05, 4.69) is 16.3 Å². The predicted molar refractivity (Wildman–Crippen MR) is 103 cm³/mol. The van der Waals surface area contributed by atoms with E-state index >= 15 is 0 Å². The van der Waals surface area contributed by atoms with Crippen molar-refractivity contribution in [1.82, 2.24) is 9.62 Å². The van der Waals surface area contributed by atoms with Crippen molar-refractivity contribution in [3.05, 3.63) is 29.8 Å². The fourth-order valence-corrected chi connectivity index (χ4v) is 4.35. The monoisotopic (exact) mass is 397 g/mol. The average molecular weight is 397 g/mol. The van der Waals surface area contributed by atoms with Gasteiger partial charge in [0.2, 0.25) is 15.9 Å². The quantitative estimate of drug-likeness (QED) is 0.700. The number of amides is 1. The first-order valence-electron chi connectivity index (χ1n) is 8.92. The molecule has 2 rings (SSSR count). The van der Waals surface area contributed by atoms with Crippen molar-refractivity contribution < 1.29 is 23.1 Å². The molecular formula is C18H27N3O5S. The van der Waals surface area contributed by atoms with E-state index in [-0.39, 0.29) is 19.0 Å². The molecule has 0 saturated carbocycles. The molecule has 1 saturated heterocycles. The van der Waals surface area contributed by atoms with Gasteiger partial charge in [-0.05, 0) is 30.5 Å². The van der Waals surface area contributed by atoms with Crippen LogP contribution in [0.4, 0.5) is 5.69 Å². The molecule has 1 aromatic rings. The molecule has 0 bridgehead atoms. The van der Waals surface area contributed by atoms with E-state index in [1.54, 1.807) is 13.8 Å². The number of nitrogens with one attached hydrogen (secondary N) is 1. The van der Waals surface area contributed by atoms with Gasteiger partial charge in [0.1, 0.15) is 11.8 Å². The number of piperazine rings is 1. The zero-order valence-electron chi connectivity index (χ0n) is 15.9. The predicted octanol–water partition coefficient (Wildman–Crippen LogP) is 0.672. The van der Waals surface area contributed by atoms with Crippen molar-refractivity contribution in [3.8, 4) is 0 Å². The van der Waals surface area contributed by atoms with Gasteiger partial charge in [-0.15, -0.1) is 0 Å². The van der Waals surface area contributed by atoms with Gasteiger partial charge in [0.15, 0.2) is 0 Å². The first-order valence-corrected chi connectivity index (χ1v) is 10.5. The molecule has 8 nitrogen and oxygen atoms in total. The summed E-state index contributed by atoms with van der Waals surface area (Å²) in [5, 5.41) is 11.4. The lowest BCUT2D eigenvalue weighted by Crippen LogP contribution is -2.52. The van der Waals surface area contributed by atoms with E-state index in [0.29, 0.717) is 13.1 Å². The molecule has 0 unspecified atom stereocenters. The number of carboxylic acid groups (broad SMARTS) is 1. The van der Waals surface area contributed by atoms with Crippen LogP contribution >= 0.6 is 0 Å². The number of benzene rings is 1. The largest absolute Gasteiger partial charge is 0.480 e. The molecule has 1 aromatic carbocycles. The van der Waals surface area contributed by atoms with Crippen molar-refractivity contribution in [2.75, 3.05) is 36.8 Å². The van der Waals surface area contributed by atoms with Gasteiger partial charge in [-0.1, -0.05) is 26.0 Å². The second kappa shape index (κ2) is 8.71. The average Bonchev–Trinajstić information content (AvgIpc) is 2.59. The van der Waals surface area contributed by atoms with E-state index in [1.165, 1.54) is 4.31 Å². The number of nitrogens with zero attached hydrogens (tertiary/aromatic N) is 2. The Balaban J connectivity index is 1.94. The highest BCUT2D eigenvalue weighted by atomic mass is 32.2. The minimum absolute atomic E-state index is 0.288. The number of aliphatic carboxylic acids is 1. The lowest BCUT2D eigenvalue weighted by molar-refractivity contribution is -0.142. The molecule has 0 aromatic heterocycles. The summed E-state index contributed by atoms with van der Waals surface area (Å²) in [7, 11) is -3.79. The Bertz CT molecular complexity index is 786. The highest BCUT2D eigenvalue weighted by molar-refractivity contribution is 7.89. The van der Waals surface area contributed by atoms with Crippen LogP contribution < -0.4 is 10.2 Å². The Hall–Kier alpha value is -2.13. The molecule has 27 heavy (non-hydrogen) atoms. The van der Waals surface area contributed by atoms with Gasteiger partial charge >= 0.3 is 5.97 Å². The van der Waals surface area contributed by atoms with Crippen LogP contribution in [0.25, 0.3) is 0 Å². The molecule has 1 fully saturated rings. The fourth-order valence-electron chi connectivity index (χ4n) is 3.03. The smallest absolute Gasteiger partial charge is 0.326 e. The van der Waals surface area contributed by atoms with Gasteiger partial charge in [-0.3, -0.25) is 4.79 Å². The van der Waals surface area contributed by atoms with E-state index in [1.807, 2.05) is 25.1 Å². The van der Waals surface area contributed by atoms with Crippen molar-refractivity contribution in [2.24, 2.45) is 5.92 Å². The molecule has 1 atom stereocenters. The first kappa shape index (κ1) is 21.2. The summed E-state index contributed by atoms with van der Waals surface area (Å²) in [6, 6.07) is 6.90. The number of hydrogen-bond acceptors (Lipinski definition) is 5. The fraction of sp³-hybridized carbons (Fsp3) is 0.556. The van der Waals surface area contributed by atoms with Crippen LogP contribution in [0.1, 0.15) is 19.4 Å². The zero-order valence-corrected chi connectivity index (χ0v) is 16.7. The molecule has 2 N–H and O–H groups in total. The molecule has 0 aliphatic carbocycles. The lowest BCUT2D eigenvalue weighted by atomic mass is 10.1. The number of carbonyl (C=O) groups excluding carboxylic acids is 1. The van der Waals surface area contributed by atoms with Crippen LogP contribution in [0.2, 0.25) is 0 Å². The molecule has 150 valence electrons. The Morgan fingerprint density at radius 2 is 1.81 bits per heavy atom. The second-order valence-electron chi connectivity index (χ2n) is 7.11. The van der Waals surface area contributed by atoms with Crippen LogP contribution in [-0.2, 0) is 19.6 Å². The van der Waals surface area contributed by atoms with Crippen molar-refractivity contribution in [2.45, 2.75) is 26.8 Å². The van der Waals surface area contributed by atoms with E-state index < -0.39 is 33.7 Å². The second-order valence-corrected chi connectivity index (χ2v) is 9.08. The third-order valence-corrected chi connectivity index (χ3v) is 6.34. The van der Waals surface area contributed by atoms with Gasteiger partial charge in [-0.2, -0.15) is 4.31 Å². The molecule has 1 aliphatic rings. The molecule has 0 spiro atoms. The summed E-state index contributed by atoms with van der Waals surface area (Å²) in [6.07, 6.45) is 0.